The van der Waals surface area contributed by atoms with Crippen LogP contribution < -0.4 is 4.90 Å². The number of hydrogen-bond acceptors (Lipinski definition) is 4. The number of rotatable bonds is 7. The van der Waals surface area contributed by atoms with Gasteiger partial charge in [-0.2, -0.15) is 0 Å². The van der Waals surface area contributed by atoms with Crippen molar-refractivity contribution >= 4 is 5.69 Å². The molecule has 1 heterocycles. The molecule has 1 atom stereocenters. The molecule has 2 N–H and O–H groups in total. The summed E-state index contributed by atoms with van der Waals surface area (Å²) in [6.07, 6.45) is 2.74. The van der Waals surface area contributed by atoms with Crippen molar-refractivity contribution in [3.63, 3.8) is 0 Å². The number of anilines is 1. The Morgan fingerprint density at radius 1 is 1.35 bits per heavy atom. The highest BCUT2D eigenvalue weighted by molar-refractivity contribution is 5.44. The van der Waals surface area contributed by atoms with Crippen molar-refractivity contribution < 1.29 is 10.2 Å². The second-order valence-corrected chi connectivity index (χ2v) is 4.02. The third-order valence-electron chi connectivity index (χ3n) is 2.83. The first-order valence-electron chi connectivity index (χ1n) is 6.22. The second-order valence-electron chi connectivity index (χ2n) is 4.02. The van der Waals surface area contributed by atoms with Crippen molar-refractivity contribution in [3.8, 4) is 0 Å². The molecule has 4 nitrogen and oxygen atoms in total. The van der Waals surface area contributed by atoms with Gasteiger partial charge in [0.1, 0.15) is 0 Å². The number of aromatic nitrogens is 1. The van der Waals surface area contributed by atoms with Crippen LogP contribution in [-0.2, 0) is 0 Å². The van der Waals surface area contributed by atoms with Gasteiger partial charge >= 0.3 is 0 Å². The summed E-state index contributed by atoms with van der Waals surface area (Å²) >= 11 is 0. The summed E-state index contributed by atoms with van der Waals surface area (Å²) in [5.74, 6) is 0. The van der Waals surface area contributed by atoms with Crippen LogP contribution in [0.4, 0.5) is 5.69 Å². The molecule has 0 aliphatic carbocycles. The summed E-state index contributed by atoms with van der Waals surface area (Å²) in [7, 11) is 0. The van der Waals surface area contributed by atoms with Crippen molar-refractivity contribution in [1.29, 1.82) is 0 Å². The van der Waals surface area contributed by atoms with Gasteiger partial charge in [-0.05, 0) is 31.9 Å². The Hall–Kier alpha value is -1.13. The fourth-order valence-electron chi connectivity index (χ4n) is 1.72. The lowest BCUT2D eigenvalue weighted by molar-refractivity contribution is 0.169. The van der Waals surface area contributed by atoms with Gasteiger partial charge in [-0.25, -0.2) is 0 Å². The summed E-state index contributed by atoms with van der Waals surface area (Å²) < 4.78 is 0. The minimum atomic E-state index is -0.475. The summed E-state index contributed by atoms with van der Waals surface area (Å²) in [4.78, 5) is 6.43. The molecule has 96 valence electrons. The highest BCUT2D eigenvalue weighted by Gasteiger charge is 2.08. The number of aliphatic hydroxyl groups is 2. The van der Waals surface area contributed by atoms with E-state index < -0.39 is 6.10 Å². The van der Waals surface area contributed by atoms with Crippen LogP contribution in [0.15, 0.2) is 18.3 Å². The van der Waals surface area contributed by atoms with Crippen molar-refractivity contribution in [3.05, 3.63) is 24.0 Å². The lowest BCUT2D eigenvalue weighted by atomic mass is 10.2. The van der Waals surface area contributed by atoms with Gasteiger partial charge in [0.25, 0.3) is 0 Å². The molecule has 0 saturated heterocycles. The average Bonchev–Trinajstić information content (AvgIpc) is 2.39. The van der Waals surface area contributed by atoms with E-state index in [0.29, 0.717) is 6.42 Å². The first kappa shape index (κ1) is 13.9. The summed E-state index contributed by atoms with van der Waals surface area (Å²) in [5, 5.41) is 18.5. The van der Waals surface area contributed by atoms with Crippen LogP contribution in [0.2, 0.25) is 0 Å². The van der Waals surface area contributed by atoms with Crippen molar-refractivity contribution in [2.24, 2.45) is 0 Å². The first-order chi connectivity index (χ1) is 8.22. The quantitative estimate of drug-likeness (QED) is 0.759. The Morgan fingerprint density at radius 3 is 2.59 bits per heavy atom. The normalized spacial score (nSPS) is 12.5. The van der Waals surface area contributed by atoms with Gasteiger partial charge in [-0.1, -0.05) is 6.92 Å². The predicted octanol–water partition coefficient (Wildman–Crippen LogP) is 1.73. The fourth-order valence-corrected chi connectivity index (χ4v) is 1.72. The van der Waals surface area contributed by atoms with E-state index in [1.807, 2.05) is 19.1 Å². The lowest BCUT2D eigenvalue weighted by Gasteiger charge is -2.22. The molecule has 0 saturated carbocycles. The Balaban J connectivity index is 2.70. The smallest absolute Gasteiger partial charge is 0.0957 e. The van der Waals surface area contributed by atoms with E-state index >= 15 is 0 Å². The van der Waals surface area contributed by atoms with E-state index in [0.717, 1.165) is 30.9 Å². The van der Waals surface area contributed by atoms with Crippen LogP contribution in [-0.4, -0.2) is 34.9 Å². The Kier molecular flexibility index (Phi) is 5.94. The van der Waals surface area contributed by atoms with Gasteiger partial charge in [0.15, 0.2) is 0 Å². The highest BCUT2D eigenvalue weighted by Crippen LogP contribution is 2.18. The summed E-state index contributed by atoms with van der Waals surface area (Å²) in [5.41, 5.74) is 1.75. The highest BCUT2D eigenvalue weighted by atomic mass is 16.3. The van der Waals surface area contributed by atoms with Crippen LogP contribution in [0.1, 0.15) is 38.5 Å². The average molecular weight is 238 g/mol. The molecule has 0 aromatic carbocycles. The second kappa shape index (κ2) is 7.25. The molecular weight excluding hydrogens is 216 g/mol. The van der Waals surface area contributed by atoms with Crippen LogP contribution in [0.3, 0.4) is 0 Å². The standard InChI is InChI=1S/C13H22N2O2/c1-3-13(17)12-7-6-11(10-14-12)15(4-2)8-5-9-16/h6-7,10,13,16-17H,3-5,8-9H2,1-2H3. The molecule has 0 aliphatic rings. The van der Waals surface area contributed by atoms with E-state index in [2.05, 4.69) is 16.8 Å². The minimum Gasteiger partial charge on any atom is -0.396 e. The lowest BCUT2D eigenvalue weighted by Crippen LogP contribution is -2.24. The van der Waals surface area contributed by atoms with Gasteiger partial charge in [0, 0.05) is 19.7 Å². The molecule has 1 rings (SSSR count). The fraction of sp³-hybridized carbons (Fsp3) is 0.615. The van der Waals surface area contributed by atoms with Crippen molar-refractivity contribution in [2.45, 2.75) is 32.8 Å². The zero-order valence-electron chi connectivity index (χ0n) is 10.6. The van der Waals surface area contributed by atoms with Gasteiger partial charge in [0.05, 0.1) is 23.7 Å². The van der Waals surface area contributed by atoms with E-state index in [9.17, 15) is 5.11 Å². The molecule has 0 aliphatic heterocycles. The summed E-state index contributed by atoms with van der Waals surface area (Å²) in [6.45, 7) is 5.92. The molecule has 1 unspecified atom stereocenters. The molecular formula is C13H22N2O2. The van der Waals surface area contributed by atoms with E-state index in [1.165, 1.54) is 0 Å². The Labute approximate surface area is 103 Å². The minimum absolute atomic E-state index is 0.205. The topological polar surface area (TPSA) is 56.6 Å². The van der Waals surface area contributed by atoms with Crippen LogP contribution in [0, 0.1) is 0 Å². The van der Waals surface area contributed by atoms with Gasteiger partial charge in [-0.3, -0.25) is 4.98 Å². The first-order valence-corrected chi connectivity index (χ1v) is 6.22. The maximum absolute atomic E-state index is 9.65. The van der Waals surface area contributed by atoms with Crippen molar-refractivity contribution in [1.82, 2.24) is 4.98 Å². The molecule has 0 fully saturated rings. The van der Waals surface area contributed by atoms with E-state index in [4.69, 9.17) is 5.11 Å². The Morgan fingerprint density at radius 2 is 2.12 bits per heavy atom. The Bertz CT molecular complexity index is 314. The molecule has 4 heteroatoms. The van der Waals surface area contributed by atoms with Crippen LogP contribution in [0.5, 0.6) is 0 Å². The van der Waals surface area contributed by atoms with Crippen LogP contribution in [0.25, 0.3) is 0 Å². The molecule has 1 aromatic heterocycles. The predicted molar refractivity (Wildman–Crippen MR) is 69.1 cm³/mol. The van der Waals surface area contributed by atoms with Gasteiger partial charge in [0.2, 0.25) is 0 Å². The zero-order valence-corrected chi connectivity index (χ0v) is 10.6. The third-order valence-corrected chi connectivity index (χ3v) is 2.83. The van der Waals surface area contributed by atoms with Crippen LogP contribution >= 0.6 is 0 Å². The molecule has 0 radical (unpaired) electrons. The zero-order chi connectivity index (χ0) is 12.7. The number of aliphatic hydroxyl groups excluding tert-OH is 2. The molecule has 0 bridgehead atoms. The number of nitrogens with zero attached hydrogens (tertiary/aromatic N) is 2. The maximum Gasteiger partial charge on any atom is 0.0957 e. The van der Waals surface area contributed by atoms with Gasteiger partial charge in [-0.15, -0.1) is 0 Å². The molecule has 0 amide bonds. The SMILES string of the molecule is CCC(O)c1ccc(N(CC)CCCO)cn1. The molecule has 0 spiro atoms. The van der Waals surface area contributed by atoms with E-state index in [-0.39, 0.29) is 6.61 Å². The molecule has 17 heavy (non-hydrogen) atoms. The third kappa shape index (κ3) is 3.98. The summed E-state index contributed by atoms with van der Waals surface area (Å²) in [6, 6.07) is 3.84. The maximum atomic E-state index is 9.65. The monoisotopic (exact) mass is 238 g/mol. The molecule has 1 aromatic rings. The van der Waals surface area contributed by atoms with Gasteiger partial charge < -0.3 is 15.1 Å². The number of hydrogen-bond donors (Lipinski definition) is 2. The number of pyridine rings is 1. The van der Waals surface area contributed by atoms with E-state index in [1.54, 1.807) is 6.20 Å². The van der Waals surface area contributed by atoms with Crippen molar-refractivity contribution in [2.75, 3.05) is 24.6 Å². The largest absolute Gasteiger partial charge is 0.396 e.